The summed E-state index contributed by atoms with van der Waals surface area (Å²) >= 11 is 0. The molecule has 2 aromatic heterocycles. The Morgan fingerprint density at radius 1 is 1.06 bits per heavy atom. The third-order valence-corrected chi connectivity index (χ3v) is 6.33. The van der Waals surface area contributed by atoms with Crippen LogP contribution in [0, 0.1) is 13.8 Å². The van der Waals surface area contributed by atoms with E-state index < -0.39 is 12.1 Å². The SMILES string of the molecule is Cc1ccc(-c2noc(C3CCN(C(=O)NC4CCCCC4)CC3)n2)nc1C.O=C(O)C(F)(F)F. The van der Waals surface area contributed by atoms with Crippen LogP contribution in [0.25, 0.3) is 11.5 Å². The highest BCUT2D eigenvalue weighted by atomic mass is 19.4. The second kappa shape index (κ2) is 11.5. The number of amides is 2. The summed E-state index contributed by atoms with van der Waals surface area (Å²) in [5.41, 5.74) is 2.86. The molecule has 0 atom stereocenters. The molecule has 0 unspecified atom stereocenters. The van der Waals surface area contributed by atoms with Crippen molar-refractivity contribution in [1.29, 1.82) is 0 Å². The van der Waals surface area contributed by atoms with Gasteiger partial charge in [-0.1, -0.05) is 30.5 Å². The Balaban J connectivity index is 0.000000429. The zero-order chi connectivity index (χ0) is 25.6. The molecular formula is C23H30F3N5O4. The number of piperidine rings is 1. The van der Waals surface area contributed by atoms with E-state index >= 15 is 0 Å². The molecule has 1 saturated heterocycles. The predicted octanol–water partition coefficient (Wildman–Crippen LogP) is 4.60. The monoisotopic (exact) mass is 497 g/mol. The van der Waals surface area contributed by atoms with Gasteiger partial charge in [-0.15, -0.1) is 0 Å². The van der Waals surface area contributed by atoms with Crippen molar-refractivity contribution in [1.82, 2.24) is 25.3 Å². The number of hydrogen-bond donors (Lipinski definition) is 2. The Morgan fingerprint density at radius 3 is 2.26 bits per heavy atom. The number of carbonyl (C=O) groups excluding carboxylic acids is 1. The van der Waals surface area contributed by atoms with Gasteiger partial charge in [-0.25, -0.2) is 14.6 Å². The lowest BCUT2D eigenvalue weighted by atomic mass is 9.95. The number of pyridine rings is 1. The molecule has 2 aromatic rings. The van der Waals surface area contributed by atoms with Crippen LogP contribution in [0.2, 0.25) is 0 Å². The molecule has 12 heteroatoms. The number of hydrogen-bond acceptors (Lipinski definition) is 6. The number of nitrogens with one attached hydrogen (secondary N) is 1. The number of carboxylic acids is 1. The van der Waals surface area contributed by atoms with Gasteiger partial charge in [-0.05, 0) is 51.2 Å². The van der Waals surface area contributed by atoms with Crippen LogP contribution in [-0.2, 0) is 4.79 Å². The molecule has 1 saturated carbocycles. The minimum Gasteiger partial charge on any atom is -0.475 e. The average molecular weight is 498 g/mol. The molecule has 192 valence electrons. The van der Waals surface area contributed by atoms with Gasteiger partial charge in [0.25, 0.3) is 0 Å². The third kappa shape index (κ3) is 7.40. The van der Waals surface area contributed by atoms with Gasteiger partial charge < -0.3 is 19.8 Å². The van der Waals surface area contributed by atoms with Gasteiger partial charge >= 0.3 is 18.2 Å². The highest BCUT2D eigenvalue weighted by Gasteiger charge is 2.38. The molecule has 1 aliphatic carbocycles. The fourth-order valence-corrected chi connectivity index (χ4v) is 4.10. The number of alkyl halides is 3. The van der Waals surface area contributed by atoms with Gasteiger partial charge in [0, 0.05) is 30.7 Å². The van der Waals surface area contributed by atoms with Crippen molar-refractivity contribution in [2.45, 2.75) is 76.9 Å². The van der Waals surface area contributed by atoms with Crippen molar-refractivity contribution in [3.05, 3.63) is 29.3 Å². The van der Waals surface area contributed by atoms with Gasteiger partial charge in [0.05, 0.1) is 0 Å². The first-order valence-electron chi connectivity index (χ1n) is 11.7. The quantitative estimate of drug-likeness (QED) is 0.635. The normalized spacial score (nSPS) is 17.5. The van der Waals surface area contributed by atoms with E-state index in [1.54, 1.807) is 0 Å². The summed E-state index contributed by atoms with van der Waals surface area (Å²) in [6.07, 6.45) is 2.57. The van der Waals surface area contributed by atoms with E-state index in [0.717, 1.165) is 55.7 Å². The second-order valence-corrected chi connectivity index (χ2v) is 8.90. The Labute approximate surface area is 201 Å². The number of likely N-dealkylation sites (tertiary alicyclic amines) is 1. The second-order valence-electron chi connectivity index (χ2n) is 8.90. The zero-order valence-electron chi connectivity index (χ0n) is 19.8. The number of aryl methyl sites for hydroxylation is 2. The first kappa shape index (κ1) is 26.4. The molecule has 2 N–H and O–H groups in total. The number of carboxylic acid groups (broad SMARTS) is 1. The van der Waals surface area contributed by atoms with Crippen LogP contribution < -0.4 is 5.32 Å². The van der Waals surface area contributed by atoms with E-state index in [1.165, 1.54) is 19.3 Å². The topological polar surface area (TPSA) is 121 Å². The molecule has 35 heavy (non-hydrogen) atoms. The van der Waals surface area contributed by atoms with E-state index in [2.05, 4.69) is 20.4 Å². The molecule has 3 heterocycles. The predicted molar refractivity (Wildman–Crippen MR) is 120 cm³/mol. The molecule has 0 bridgehead atoms. The summed E-state index contributed by atoms with van der Waals surface area (Å²) in [6.45, 7) is 5.46. The fraction of sp³-hybridized carbons (Fsp3) is 0.609. The summed E-state index contributed by atoms with van der Waals surface area (Å²) in [5, 5.41) is 14.5. The lowest BCUT2D eigenvalue weighted by Crippen LogP contribution is -2.48. The number of carbonyl (C=O) groups is 2. The number of nitrogens with zero attached hydrogens (tertiary/aromatic N) is 4. The highest BCUT2D eigenvalue weighted by molar-refractivity contribution is 5.74. The summed E-state index contributed by atoms with van der Waals surface area (Å²) in [5.74, 6) is -1.36. The number of halogens is 3. The van der Waals surface area contributed by atoms with Gasteiger partial charge in [-0.2, -0.15) is 18.2 Å². The maximum atomic E-state index is 12.5. The molecule has 0 aromatic carbocycles. The van der Waals surface area contributed by atoms with Crippen molar-refractivity contribution in [2.24, 2.45) is 0 Å². The number of rotatable bonds is 3. The molecule has 0 radical (unpaired) electrons. The Kier molecular flexibility index (Phi) is 8.68. The van der Waals surface area contributed by atoms with Crippen LogP contribution in [0.4, 0.5) is 18.0 Å². The minimum absolute atomic E-state index is 0.0795. The van der Waals surface area contributed by atoms with E-state index in [-0.39, 0.29) is 11.9 Å². The van der Waals surface area contributed by atoms with Crippen LogP contribution in [-0.4, -0.2) is 62.4 Å². The molecule has 1 aliphatic heterocycles. The summed E-state index contributed by atoms with van der Waals surface area (Å²) in [4.78, 5) is 32.5. The molecule has 2 fully saturated rings. The number of urea groups is 1. The van der Waals surface area contributed by atoms with E-state index in [0.29, 0.717) is 17.8 Å². The zero-order valence-corrected chi connectivity index (χ0v) is 19.8. The Hall–Kier alpha value is -3.18. The van der Waals surface area contributed by atoms with Crippen molar-refractivity contribution in [2.75, 3.05) is 13.1 Å². The maximum Gasteiger partial charge on any atom is 0.490 e. The van der Waals surface area contributed by atoms with Gasteiger partial charge in [0.2, 0.25) is 11.7 Å². The minimum atomic E-state index is -5.08. The van der Waals surface area contributed by atoms with E-state index in [1.807, 2.05) is 30.9 Å². The van der Waals surface area contributed by atoms with Crippen molar-refractivity contribution >= 4 is 12.0 Å². The molecule has 2 aliphatic rings. The average Bonchev–Trinajstić information content (AvgIpc) is 3.32. The molecular weight excluding hydrogens is 467 g/mol. The molecule has 0 spiro atoms. The number of aromatic nitrogens is 3. The summed E-state index contributed by atoms with van der Waals surface area (Å²) in [7, 11) is 0. The van der Waals surface area contributed by atoms with Crippen molar-refractivity contribution < 1.29 is 32.4 Å². The van der Waals surface area contributed by atoms with Crippen LogP contribution in [0.5, 0.6) is 0 Å². The lowest BCUT2D eigenvalue weighted by molar-refractivity contribution is -0.192. The first-order chi connectivity index (χ1) is 16.5. The van der Waals surface area contributed by atoms with Gasteiger partial charge in [-0.3, -0.25) is 0 Å². The van der Waals surface area contributed by atoms with Gasteiger partial charge in [0.15, 0.2) is 0 Å². The van der Waals surface area contributed by atoms with Crippen LogP contribution >= 0.6 is 0 Å². The largest absolute Gasteiger partial charge is 0.490 e. The first-order valence-corrected chi connectivity index (χ1v) is 11.7. The molecule has 4 rings (SSSR count). The molecule has 2 amide bonds. The highest BCUT2D eigenvalue weighted by Crippen LogP contribution is 2.28. The van der Waals surface area contributed by atoms with Crippen LogP contribution in [0.15, 0.2) is 16.7 Å². The standard InChI is InChI=1S/C21H29N5O2.C2HF3O2/c1-14-8-9-18(22-15(14)2)19-24-20(28-25-19)16-10-12-26(13-11-16)21(27)23-17-6-4-3-5-7-17;3-2(4,5)1(6)7/h8-9,16-17H,3-7,10-13H2,1-2H3,(H,23,27);(H,6,7). The molecule has 9 nitrogen and oxygen atoms in total. The Morgan fingerprint density at radius 2 is 1.69 bits per heavy atom. The lowest BCUT2D eigenvalue weighted by Gasteiger charge is -2.32. The van der Waals surface area contributed by atoms with E-state index in [4.69, 9.17) is 14.4 Å². The van der Waals surface area contributed by atoms with Crippen molar-refractivity contribution in [3.63, 3.8) is 0 Å². The van der Waals surface area contributed by atoms with Crippen LogP contribution in [0.1, 0.15) is 68.0 Å². The number of aliphatic carboxylic acids is 1. The van der Waals surface area contributed by atoms with Crippen LogP contribution in [0.3, 0.4) is 0 Å². The van der Waals surface area contributed by atoms with E-state index in [9.17, 15) is 18.0 Å². The third-order valence-electron chi connectivity index (χ3n) is 6.33. The summed E-state index contributed by atoms with van der Waals surface area (Å²) in [6, 6.07) is 4.38. The fourth-order valence-electron chi connectivity index (χ4n) is 4.10. The summed E-state index contributed by atoms with van der Waals surface area (Å²) < 4.78 is 37.3. The van der Waals surface area contributed by atoms with Gasteiger partial charge in [0.1, 0.15) is 5.69 Å². The smallest absolute Gasteiger partial charge is 0.475 e. The Bertz CT molecular complexity index is 1010. The maximum absolute atomic E-state index is 12.5. The van der Waals surface area contributed by atoms with Crippen molar-refractivity contribution in [3.8, 4) is 11.5 Å².